The Kier molecular flexibility index (Phi) is 5.78. The molecule has 1 amide bonds. The lowest BCUT2D eigenvalue weighted by Crippen LogP contribution is -2.41. The summed E-state index contributed by atoms with van der Waals surface area (Å²) in [5.41, 5.74) is -0.549. The zero-order valence-electron chi connectivity index (χ0n) is 13.2. The van der Waals surface area contributed by atoms with Crippen LogP contribution in [0.15, 0.2) is 12.2 Å². The average molecular weight is 299 g/mol. The highest BCUT2D eigenvalue weighted by atomic mass is 16.6. The van der Waals surface area contributed by atoms with Crippen LogP contribution in [0.1, 0.15) is 40.0 Å². The molecular weight excluding hydrogens is 274 g/mol. The van der Waals surface area contributed by atoms with E-state index in [1.807, 2.05) is 20.8 Å². The van der Waals surface area contributed by atoms with Gasteiger partial charge in [-0.25, -0.2) is 9.59 Å². The van der Waals surface area contributed by atoms with Gasteiger partial charge in [-0.15, -0.1) is 0 Å². The number of esters is 1. The van der Waals surface area contributed by atoms with Gasteiger partial charge in [0, 0.05) is 12.6 Å². The van der Waals surface area contributed by atoms with Crippen LogP contribution in [-0.4, -0.2) is 53.5 Å². The average Bonchev–Trinajstić information content (AvgIpc) is 2.83. The summed E-state index contributed by atoms with van der Waals surface area (Å²) in [6.45, 7) is 9.56. The first-order chi connectivity index (χ1) is 9.65. The van der Waals surface area contributed by atoms with Crippen LogP contribution in [0.4, 0.5) is 4.79 Å². The van der Waals surface area contributed by atoms with Crippen molar-refractivity contribution in [2.45, 2.75) is 57.8 Å². The van der Waals surface area contributed by atoms with Crippen molar-refractivity contribution in [2.24, 2.45) is 0 Å². The number of carbonyl (C=O) groups is 2. The molecule has 0 aromatic rings. The summed E-state index contributed by atoms with van der Waals surface area (Å²) in [6.07, 6.45) is 0.463. The first kappa shape index (κ1) is 17.5. The fourth-order valence-corrected chi connectivity index (χ4v) is 2.31. The minimum absolute atomic E-state index is 0.00791. The molecule has 0 aliphatic carbocycles. The normalized spacial score (nSPS) is 20.0. The van der Waals surface area contributed by atoms with Gasteiger partial charge < -0.3 is 19.5 Å². The fraction of sp³-hybridized carbons (Fsp3) is 0.733. The summed E-state index contributed by atoms with van der Waals surface area (Å²) in [5.74, 6) is -0.635. The van der Waals surface area contributed by atoms with Crippen LogP contribution in [0.2, 0.25) is 0 Å². The smallest absolute Gasteiger partial charge is 0.410 e. The Morgan fingerprint density at radius 3 is 2.57 bits per heavy atom. The third kappa shape index (κ3) is 5.04. The molecular formula is C15H25NO5. The molecule has 1 unspecified atom stereocenters. The number of amides is 1. The highest BCUT2D eigenvalue weighted by Gasteiger charge is 2.34. The maximum absolute atomic E-state index is 12.1. The van der Waals surface area contributed by atoms with E-state index in [1.165, 1.54) is 7.11 Å². The summed E-state index contributed by atoms with van der Waals surface area (Å²) in [7, 11) is 1.24. The highest BCUT2D eigenvalue weighted by Crippen LogP contribution is 2.25. The maximum atomic E-state index is 12.1. The third-order valence-corrected chi connectivity index (χ3v) is 3.35. The molecule has 6 heteroatoms. The Labute approximate surface area is 125 Å². The Bertz CT molecular complexity index is 413. The monoisotopic (exact) mass is 299 g/mol. The molecule has 1 heterocycles. The minimum atomic E-state index is -1.02. The molecule has 0 aromatic heterocycles. The van der Waals surface area contributed by atoms with Crippen molar-refractivity contribution in [1.29, 1.82) is 0 Å². The van der Waals surface area contributed by atoms with Crippen molar-refractivity contribution in [3.05, 3.63) is 12.2 Å². The number of carbonyl (C=O) groups excluding carboxylic acids is 2. The van der Waals surface area contributed by atoms with Gasteiger partial charge >= 0.3 is 12.1 Å². The van der Waals surface area contributed by atoms with Crippen LogP contribution < -0.4 is 0 Å². The maximum Gasteiger partial charge on any atom is 0.410 e. The predicted octanol–water partition coefficient (Wildman–Crippen LogP) is 1.87. The molecule has 2 atom stereocenters. The van der Waals surface area contributed by atoms with Gasteiger partial charge in [-0.2, -0.15) is 0 Å². The summed E-state index contributed by atoms with van der Waals surface area (Å²) in [6, 6.07) is -0.156. The number of methoxy groups -OCH3 is 1. The van der Waals surface area contributed by atoms with Crippen LogP contribution in [0.3, 0.4) is 0 Å². The molecule has 1 aliphatic rings. The van der Waals surface area contributed by atoms with E-state index in [4.69, 9.17) is 4.74 Å². The molecule has 0 saturated carbocycles. The van der Waals surface area contributed by atoms with E-state index >= 15 is 0 Å². The van der Waals surface area contributed by atoms with Crippen molar-refractivity contribution in [3.8, 4) is 0 Å². The molecule has 1 aliphatic heterocycles. The molecule has 120 valence electrons. The van der Waals surface area contributed by atoms with Crippen molar-refractivity contribution in [3.63, 3.8) is 0 Å². The first-order valence-corrected chi connectivity index (χ1v) is 7.10. The molecule has 0 aromatic carbocycles. The topological polar surface area (TPSA) is 76.1 Å². The van der Waals surface area contributed by atoms with E-state index in [2.05, 4.69) is 11.3 Å². The largest absolute Gasteiger partial charge is 0.466 e. The number of nitrogens with zero attached hydrogens (tertiary/aromatic N) is 1. The Morgan fingerprint density at radius 2 is 2.05 bits per heavy atom. The van der Waals surface area contributed by atoms with Crippen molar-refractivity contribution in [2.75, 3.05) is 13.7 Å². The zero-order valence-corrected chi connectivity index (χ0v) is 13.2. The van der Waals surface area contributed by atoms with E-state index < -0.39 is 17.7 Å². The van der Waals surface area contributed by atoms with Crippen molar-refractivity contribution in [1.82, 2.24) is 4.90 Å². The molecule has 0 spiro atoms. The second-order valence-electron chi connectivity index (χ2n) is 6.24. The van der Waals surface area contributed by atoms with Gasteiger partial charge in [0.2, 0.25) is 0 Å². The number of likely N-dealkylation sites (tertiary alicyclic amines) is 1. The van der Waals surface area contributed by atoms with Gasteiger partial charge in [-0.1, -0.05) is 6.58 Å². The lowest BCUT2D eigenvalue weighted by atomic mass is 10.0. The Morgan fingerprint density at radius 1 is 1.43 bits per heavy atom. The molecule has 21 heavy (non-hydrogen) atoms. The zero-order chi connectivity index (χ0) is 16.2. The second-order valence-corrected chi connectivity index (χ2v) is 6.24. The molecule has 1 N–H and O–H groups in total. The lowest BCUT2D eigenvalue weighted by molar-refractivity contribution is -0.137. The Hall–Kier alpha value is -1.56. The second kappa shape index (κ2) is 6.93. The van der Waals surface area contributed by atoms with Gasteiger partial charge in [0.1, 0.15) is 5.60 Å². The van der Waals surface area contributed by atoms with Gasteiger partial charge in [0.25, 0.3) is 0 Å². The summed E-state index contributed by atoms with van der Waals surface area (Å²) < 4.78 is 9.89. The minimum Gasteiger partial charge on any atom is -0.466 e. The fourth-order valence-electron chi connectivity index (χ4n) is 2.31. The molecule has 1 rings (SSSR count). The van der Waals surface area contributed by atoms with E-state index in [-0.39, 0.29) is 24.1 Å². The molecule has 0 radical (unpaired) electrons. The van der Waals surface area contributed by atoms with Crippen LogP contribution in [0, 0.1) is 0 Å². The van der Waals surface area contributed by atoms with E-state index in [9.17, 15) is 14.7 Å². The number of aliphatic hydroxyl groups is 1. The number of hydrogen-bond donors (Lipinski definition) is 1. The van der Waals surface area contributed by atoms with Gasteiger partial charge in [0.05, 0.1) is 18.8 Å². The quantitative estimate of drug-likeness (QED) is 0.633. The van der Waals surface area contributed by atoms with E-state index in [0.29, 0.717) is 6.54 Å². The summed E-state index contributed by atoms with van der Waals surface area (Å²) in [5, 5.41) is 10.0. The van der Waals surface area contributed by atoms with Crippen LogP contribution in [0.25, 0.3) is 0 Å². The first-order valence-electron chi connectivity index (χ1n) is 7.10. The molecule has 1 saturated heterocycles. The van der Waals surface area contributed by atoms with Crippen molar-refractivity contribution >= 4 is 12.1 Å². The third-order valence-electron chi connectivity index (χ3n) is 3.35. The molecule has 0 bridgehead atoms. The van der Waals surface area contributed by atoms with Crippen LogP contribution in [0.5, 0.6) is 0 Å². The number of ether oxygens (including phenoxy) is 2. The predicted molar refractivity (Wildman–Crippen MR) is 77.7 cm³/mol. The highest BCUT2D eigenvalue weighted by molar-refractivity contribution is 5.88. The van der Waals surface area contributed by atoms with E-state index in [0.717, 1.165) is 12.8 Å². The van der Waals surface area contributed by atoms with Gasteiger partial charge in [0.15, 0.2) is 0 Å². The molecule has 1 fully saturated rings. The number of hydrogen-bond acceptors (Lipinski definition) is 5. The van der Waals surface area contributed by atoms with E-state index in [1.54, 1.807) is 4.90 Å². The Balaban J connectivity index is 2.63. The number of aliphatic hydroxyl groups excluding tert-OH is 1. The van der Waals surface area contributed by atoms with Gasteiger partial charge in [-0.05, 0) is 40.0 Å². The van der Waals surface area contributed by atoms with Crippen molar-refractivity contribution < 1.29 is 24.2 Å². The summed E-state index contributed by atoms with van der Waals surface area (Å²) >= 11 is 0. The summed E-state index contributed by atoms with van der Waals surface area (Å²) in [4.78, 5) is 25.1. The molecule has 6 nitrogen and oxygen atoms in total. The standard InChI is InChI=1S/C15H25NO5/c1-10(13(18)20-5)12(17)9-11-7-6-8-16(11)14(19)21-15(2,3)4/h11-12,17H,1,6-9H2,2-5H3/t11-,12?/m0/s1. The van der Waals surface area contributed by atoms with Crippen LogP contribution in [-0.2, 0) is 14.3 Å². The number of rotatable bonds is 4. The van der Waals surface area contributed by atoms with Crippen LogP contribution >= 0.6 is 0 Å². The van der Waals surface area contributed by atoms with Gasteiger partial charge in [-0.3, -0.25) is 0 Å². The lowest BCUT2D eigenvalue weighted by Gasteiger charge is -2.29. The SMILES string of the molecule is C=C(C(=O)OC)C(O)C[C@@H]1CCCN1C(=O)OC(C)(C)C.